The summed E-state index contributed by atoms with van der Waals surface area (Å²) in [5.74, 6) is 1.12. The van der Waals surface area contributed by atoms with Gasteiger partial charge in [0.25, 0.3) is 0 Å². The van der Waals surface area contributed by atoms with E-state index < -0.39 is 0 Å². The first-order valence-corrected chi connectivity index (χ1v) is 9.22. The van der Waals surface area contributed by atoms with E-state index in [-0.39, 0.29) is 11.5 Å². The van der Waals surface area contributed by atoms with Crippen molar-refractivity contribution in [2.75, 3.05) is 12.4 Å². The third kappa shape index (κ3) is 3.65. The average Bonchev–Trinajstić information content (AvgIpc) is 2.72. The Balaban J connectivity index is 1.68. The van der Waals surface area contributed by atoms with Crippen molar-refractivity contribution in [1.82, 2.24) is 9.97 Å². The van der Waals surface area contributed by atoms with Crippen molar-refractivity contribution in [1.29, 1.82) is 0 Å². The number of nitrogens with zero attached hydrogens (tertiary/aromatic N) is 2. The Kier molecular flexibility index (Phi) is 4.91. The number of aromatic nitrogens is 2. The van der Waals surface area contributed by atoms with Crippen LogP contribution in [0, 0.1) is 6.92 Å². The Bertz CT molecular complexity index is 1190. The number of rotatable bonds is 5. The molecule has 0 fully saturated rings. The third-order valence-corrected chi connectivity index (χ3v) is 4.78. The van der Waals surface area contributed by atoms with Gasteiger partial charge in [0, 0.05) is 34.8 Å². The van der Waals surface area contributed by atoms with E-state index in [2.05, 4.69) is 15.3 Å². The van der Waals surface area contributed by atoms with Crippen LogP contribution in [0.5, 0.6) is 17.2 Å². The Labute approximate surface area is 168 Å². The fourth-order valence-electron chi connectivity index (χ4n) is 3.33. The molecule has 0 spiro atoms. The van der Waals surface area contributed by atoms with Crippen molar-refractivity contribution < 1.29 is 14.9 Å². The monoisotopic (exact) mass is 387 g/mol. The van der Waals surface area contributed by atoms with E-state index in [4.69, 9.17) is 4.74 Å². The van der Waals surface area contributed by atoms with Crippen LogP contribution in [0.15, 0.2) is 60.8 Å². The molecule has 0 aliphatic carbocycles. The van der Waals surface area contributed by atoms with Crippen LogP contribution in [-0.2, 0) is 6.42 Å². The molecular weight excluding hydrogens is 366 g/mol. The Hall–Kier alpha value is -3.80. The lowest BCUT2D eigenvalue weighted by molar-refractivity contribution is 0.373. The molecule has 0 bridgehead atoms. The summed E-state index contributed by atoms with van der Waals surface area (Å²) in [6.07, 6.45) is 1.98. The van der Waals surface area contributed by atoms with Crippen LogP contribution >= 0.6 is 0 Å². The SMILES string of the molecule is COc1c(Nc2cccc(C)n2)ccc(Cc2ccc3cccnc3c2O)c1O. The van der Waals surface area contributed by atoms with Gasteiger partial charge >= 0.3 is 0 Å². The molecule has 0 atom stereocenters. The number of aryl methyl sites for hydroxylation is 1. The summed E-state index contributed by atoms with van der Waals surface area (Å²) in [5, 5.41) is 25.4. The standard InChI is InChI=1S/C23H21N3O3/c1-14-5-3-7-19(25-14)26-18-11-10-17(22(28)23(18)29-2)13-16-9-8-15-6-4-12-24-20(15)21(16)27/h3-12,27-28H,13H2,1-2H3,(H,25,26). The summed E-state index contributed by atoms with van der Waals surface area (Å²) in [7, 11) is 1.51. The normalized spacial score (nSPS) is 10.8. The Morgan fingerprint density at radius 2 is 1.72 bits per heavy atom. The van der Waals surface area contributed by atoms with E-state index in [1.54, 1.807) is 12.3 Å². The number of nitrogens with one attached hydrogen (secondary N) is 1. The van der Waals surface area contributed by atoms with Gasteiger partial charge in [-0.3, -0.25) is 4.98 Å². The zero-order chi connectivity index (χ0) is 20.4. The number of aromatic hydroxyl groups is 2. The van der Waals surface area contributed by atoms with Gasteiger partial charge in [-0.05, 0) is 31.2 Å². The zero-order valence-corrected chi connectivity index (χ0v) is 16.2. The maximum atomic E-state index is 10.8. The molecule has 6 heteroatoms. The molecule has 0 unspecified atom stereocenters. The predicted molar refractivity (Wildman–Crippen MR) is 113 cm³/mol. The van der Waals surface area contributed by atoms with E-state index in [0.717, 1.165) is 11.1 Å². The van der Waals surface area contributed by atoms with E-state index in [0.29, 0.717) is 40.3 Å². The molecule has 0 aliphatic rings. The molecule has 146 valence electrons. The van der Waals surface area contributed by atoms with Crippen LogP contribution in [0.1, 0.15) is 16.8 Å². The van der Waals surface area contributed by atoms with Gasteiger partial charge in [0.2, 0.25) is 0 Å². The van der Waals surface area contributed by atoms with Crippen LogP contribution < -0.4 is 10.1 Å². The fourth-order valence-corrected chi connectivity index (χ4v) is 3.33. The molecule has 6 nitrogen and oxygen atoms in total. The zero-order valence-electron chi connectivity index (χ0n) is 16.2. The van der Waals surface area contributed by atoms with Crippen molar-refractivity contribution >= 4 is 22.4 Å². The van der Waals surface area contributed by atoms with Gasteiger partial charge in [-0.15, -0.1) is 0 Å². The molecule has 3 N–H and O–H groups in total. The highest BCUT2D eigenvalue weighted by molar-refractivity contribution is 5.85. The first-order valence-electron chi connectivity index (χ1n) is 9.22. The molecule has 2 heterocycles. The van der Waals surface area contributed by atoms with E-state index in [1.807, 2.05) is 55.5 Å². The lowest BCUT2D eigenvalue weighted by atomic mass is 10.0. The van der Waals surface area contributed by atoms with Crippen molar-refractivity contribution in [3.8, 4) is 17.2 Å². The molecule has 2 aromatic heterocycles. The number of methoxy groups -OCH3 is 1. The topological polar surface area (TPSA) is 87.5 Å². The van der Waals surface area contributed by atoms with Crippen LogP contribution in [0.4, 0.5) is 11.5 Å². The first-order chi connectivity index (χ1) is 14.1. The molecule has 2 aromatic carbocycles. The number of hydrogen-bond donors (Lipinski definition) is 3. The molecular formula is C23H21N3O3. The smallest absolute Gasteiger partial charge is 0.184 e. The highest BCUT2D eigenvalue weighted by Crippen LogP contribution is 2.40. The minimum absolute atomic E-state index is 0.0191. The second kappa shape index (κ2) is 7.67. The quantitative estimate of drug-likeness (QED) is 0.460. The number of pyridine rings is 2. The van der Waals surface area contributed by atoms with Crippen molar-refractivity contribution in [2.24, 2.45) is 0 Å². The maximum Gasteiger partial charge on any atom is 0.184 e. The number of fused-ring (bicyclic) bond motifs is 1. The number of ether oxygens (including phenoxy) is 1. The van der Waals surface area contributed by atoms with Crippen LogP contribution in [0.3, 0.4) is 0 Å². The third-order valence-electron chi connectivity index (χ3n) is 4.78. The molecule has 0 amide bonds. The summed E-state index contributed by atoms with van der Waals surface area (Å²) in [4.78, 5) is 8.67. The number of anilines is 2. The summed E-state index contributed by atoms with van der Waals surface area (Å²) in [5.41, 5.74) is 3.34. The van der Waals surface area contributed by atoms with Crippen molar-refractivity contribution in [2.45, 2.75) is 13.3 Å². The lowest BCUT2D eigenvalue weighted by Crippen LogP contribution is -2.00. The molecule has 0 saturated heterocycles. The summed E-state index contributed by atoms with van der Waals surface area (Å²) in [6, 6.07) is 16.8. The van der Waals surface area contributed by atoms with E-state index >= 15 is 0 Å². The minimum Gasteiger partial charge on any atom is -0.505 e. The predicted octanol–water partition coefficient (Wildman–Crippen LogP) is 4.69. The molecule has 0 aliphatic heterocycles. The van der Waals surface area contributed by atoms with Crippen molar-refractivity contribution in [3.63, 3.8) is 0 Å². The Morgan fingerprint density at radius 1 is 0.931 bits per heavy atom. The van der Waals surface area contributed by atoms with Gasteiger partial charge in [0.05, 0.1) is 12.8 Å². The van der Waals surface area contributed by atoms with E-state index in [9.17, 15) is 10.2 Å². The average molecular weight is 387 g/mol. The highest BCUT2D eigenvalue weighted by Gasteiger charge is 2.16. The molecule has 29 heavy (non-hydrogen) atoms. The van der Waals surface area contributed by atoms with Crippen LogP contribution in [0.2, 0.25) is 0 Å². The lowest BCUT2D eigenvalue weighted by Gasteiger charge is -2.16. The van der Waals surface area contributed by atoms with Gasteiger partial charge in [0.15, 0.2) is 11.5 Å². The molecule has 4 rings (SSSR count). The second-order valence-corrected chi connectivity index (χ2v) is 6.77. The summed E-state index contributed by atoms with van der Waals surface area (Å²) >= 11 is 0. The van der Waals surface area contributed by atoms with E-state index in [1.165, 1.54) is 7.11 Å². The molecule has 0 saturated carbocycles. The van der Waals surface area contributed by atoms with Gasteiger partial charge < -0.3 is 20.3 Å². The van der Waals surface area contributed by atoms with Gasteiger partial charge in [0.1, 0.15) is 17.1 Å². The Morgan fingerprint density at radius 3 is 2.52 bits per heavy atom. The van der Waals surface area contributed by atoms with Crippen LogP contribution in [0.25, 0.3) is 10.9 Å². The molecule has 4 aromatic rings. The van der Waals surface area contributed by atoms with Gasteiger partial charge in [-0.1, -0.05) is 30.3 Å². The number of benzene rings is 2. The first kappa shape index (κ1) is 18.6. The number of phenols is 2. The van der Waals surface area contributed by atoms with Gasteiger partial charge in [-0.2, -0.15) is 0 Å². The highest BCUT2D eigenvalue weighted by atomic mass is 16.5. The number of hydrogen-bond acceptors (Lipinski definition) is 6. The van der Waals surface area contributed by atoms with Crippen molar-refractivity contribution in [3.05, 3.63) is 77.6 Å². The van der Waals surface area contributed by atoms with Gasteiger partial charge in [-0.25, -0.2) is 4.98 Å². The molecule has 0 radical (unpaired) electrons. The number of phenolic OH excluding ortho intramolecular Hbond substituents is 2. The van der Waals surface area contributed by atoms with Crippen LogP contribution in [-0.4, -0.2) is 27.3 Å². The summed E-state index contributed by atoms with van der Waals surface area (Å²) < 4.78 is 5.44. The second-order valence-electron chi connectivity index (χ2n) is 6.77. The minimum atomic E-state index is 0.0191. The largest absolute Gasteiger partial charge is 0.505 e. The summed E-state index contributed by atoms with van der Waals surface area (Å²) in [6.45, 7) is 1.91. The fraction of sp³-hybridized carbons (Fsp3) is 0.130. The maximum absolute atomic E-state index is 10.8.